The van der Waals surface area contributed by atoms with Gasteiger partial charge in [-0.2, -0.15) is 0 Å². The lowest BCUT2D eigenvalue weighted by atomic mass is 9.95. The van der Waals surface area contributed by atoms with Gasteiger partial charge in [0.25, 0.3) is 5.56 Å². The first-order valence-corrected chi connectivity index (χ1v) is 5.51. The third kappa shape index (κ3) is 2.28. The molecule has 1 rings (SSSR count). The van der Waals surface area contributed by atoms with Crippen molar-refractivity contribution < 1.29 is 0 Å². The quantitative estimate of drug-likeness (QED) is 0.746. The Kier molecular flexibility index (Phi) is 3.32. The van der Waals surface area contributed by atoms with E-state index in [1.54, 1.807) is 10.8 Å². The molecule has 3 nitrogen and oxygen atoms in total. The monoisotopic (exact) mass is 208 g/mol. The summed E-state index contributed by atoms with van der Waals surface area (Å²) in [6.45, 7) is 10.9. The lowest BCUT2D eigenvalue weighted by Crippen LogP contribution is -2.32. The SMILES string of the molecule is CCc1cnc(C(C)(C)C)n(CC)c1=O. The van der Waals surface area contributed by atoms with Crippen LogP contribution in [0, 0.1) is 0 Å². The first-order valence-electron chi connectivity index (χ1n) is 5.51. The highest BCUT2D eigenvalue weighted by molar-refractivity contribution is 5.12. The van der Waals surface area contributed by atoms with Crippen LogP contribution in [0.1, 0.15) is 46.0 Å². The van der Waals surface area contributed by atoms with E-state index in [1.807, 2.05) is 13.8 Å². The minimum Gasteiger partial charge on any atom is -0.296 e. The second-order valence-corrected chi connectivity index (χ2v) is 4.76. The minimum absolute atomic E-state index is 0.0819. The molecule has 1 aromatic rings. The van der Waals surface area contributed by atoms with Crippen LogP contribution in [0.15, 0.2) is 11.0 Å². The summed E-state index contributed by atoms with van der Waals surface area (Å²) in [5, 5.41) is 0. The van der Waals surface area contributed by atoms with Crippen LogP contribution in [0.4, 0.5) is 0 Å². The number of nitrogens with zero attached hydrogens (tertiary/aromatic N) is 2. The predicted octanol–water partition coefficient (Wildman–Crippen LogP) is 2.12. The van der Waals surface area contributed by atoms with Crippen molar-refractivity contribution in [3.05, 3.63) is 27.9 Å². The normalized spacial score (nSPS) is 11.8. The van der Waals surface area contributed by atoms with Crippen molar-refractivity contribution in [2.45, 2.75) is 53.0 Å². The van der Waals surface area contributed by atoms with Gasteiger partial charge in [0.2, 0.25) is 0 Å². The van der Waals surface area contributed by atoms with Crippen molar-refractivity contribution in [1.29, 1.82) is 0 Å². The van der Waals surface area contributed by atoms with Gasteiger partial charge in [0, 0.05) is 23.7 Å². The van der Waals surface area contributed by atoms with Gasteiger partial charge < -0.3 is 0 Å². The third-order valence-electron chi connectivity index (χ3n) is 2.49. The molecule has 0 bridgehead atoms. The number of aromatic nitrogens is 2. The molecular formula is C12H20N2O. The largest absolute Gasteiger partial charge is 0.296 e. The molecule has 0 spiro atoms. The Balaban J connectivity index is 3.45. The summed E-state index contributed by atoms with van der Waals surface area (Å²) >= 11 is 0. The predicted molar refractivity (Wildman–Crippen MR) is 62.2 cm³/mol. The van der Waals surface area contributed by atoms with Crippen LogP contribution in [0.25, 0.3) is 0 Å². The topological polar surface area (TPSA) is 34.9 Å². The molecule has 0 saturated carbocycles. The lowest BCUT2D eigenvalue weighted by Gasteiger charge is -2.22. The van der Waals surface area contributed by atoms with E-state index < -0.39 is 0 Å². The van der Waals surface area contributed by atoms with Crippen molar-refractivity contribution in [2.75, 3.05) is 0 Å². The van der Waals surface area contributed by atoms with Gasteiger partial charge in [0.15, 0.2) is 0 Å². The molecule has 0 saturated heterocycles. The molecule has 0 aliphatic carbocycles. The fraction of sp³-hybridized carbons (Fsp3) is 0.667. The number of aryl methyl sites for hydroxylation is 1. The molecule has 15 heavy (non-hydrogen) atoms. The van der Waals surface area contributed by atoms with Crippen molar-refractivity contribution >= 4 is 0 Å². The molecule has 1 aromatic heterocycles. The summed E-state index contributed by atoms with van der Waals surface area (Å²) in [7, 11) is 0. The van der Waals surface area contributed by atoms with Gasteiger partial charge in [-0.15, -0.1) is 0 Å². The zero-order valence-electron chi connectivity index (χ0n) is 10.3. The van der Waals surface area contributed by atoms with E-state index >= 15 is 0 Å². The van der Waals surface area contributed by atoms with Gasteiger partial charge >= 0.3 is 0 Å². The van der Waals surface area contributed by atoms with Crippen LogP contribution in [0.3, 0.4) is 0 Å². The Hall–Kier alpha value is -1.12. The van der Waals surface area contributed by atoms with Crippen LogP contribution in [0.2, 0.25) is 0 Å². The lowest BCUT2D eigenvalue weighted by molar-refractivity contribution is 0.483. The van der Waals surface area contributed by atoms with Crippen LogP contribution in [-0.2, 0) is 18.4 Å². The Morgan fingerprint density at radius 2 is 1.93 bits per heavy atom. The summed E-state index contributed by atoms with van der Waals surface area (Å²) in [6.07, 6.45) is 2.46. The number of hydrogen-bond acceptors (Lipinski definition) is 2. The Morgan fingerprint density at radius 1 is 1.33 bits per heavy atom. The van der Waals surface area contributed by atoms with Crippen molar-refractivity contribution in [3.8, 4) is 0 Å². The van der Waals surface area contributed by atoms with Crippen molar-refractivity contribution in [3.63, 3.8) is 0 Å². The van der Waals surface area contributed by atoms with Crippen LogP contribution < -0.4 is 5.56 Å². The van der Waals surface area contributed by atoms with Crippen LogP contribution in [-0.4, -0.2) is 9.55 Å². The zero-order chi connectivity index (χ0) is 11.6. The van der Waals surface area contributed by atoms with E-state index in [0.29, 0.717) is 6.54 Å². The maximum absolute atomic E-state index is 12.0. The smallest absolute Gasteiger partial charge is 0.256 e. The van der Waals surface area contributed by atoms with Gasteiger partial charge in [0.05, 0.1) is 0 Å². The molecule has 0 aromatic carbocycles. The number of rotatable bonds is 2. The Bertz CT molecular complexity index is 399. The molecule has 1 heterocycles. The average Bonchev–Trinajstić information content (AvgIpc) is 2.15. The molecule has 0 aliphatic heterocycles. The van der Waals surface area contributed by atoms with E-state index in [-0.39, 0.29) is 11.0 Å². The van der Waals surface area contributed by atoms with Gasteiger partial charge in [-0.3, -0.25) is 9.36 Å². The van der Waals surface area contributed by atoms with Gasteiger partial charge in [-0.1, -0.05) is 27.7 Å². The molecule has 0 N–H and O–H groups in total. The van der Waals surface area contributed by atoms with E-state index in [9.17, 15) is 4.79 Å². The molecule has 0 radical (unpaired) electrons. The summed E-state index contributed by atoms with van der Waals surface area (Å²) in [6, 6.07) is 0. The molecule has 0 atom stereocenters. The van der Waals surface area contributed by atoms with Crippen molar-refractivity contribution in [1.82, 2.24) is 9.55 Å². The summed E-state index contributed by atoms with van der Waals surface area (Å²) in [4.78, 5) is 16.4. The second kappa shape index (κ2) is 4.17. The molecule has 84 valence electrons. The third-order valence-corrected chi connectivity index (χ3v) is 2.49. The Labute approximate surface area is 91.2 Å². The molecule has 3 heteroatoms. The maximum Gasteiger partial charge on any atom is 0.256 e. The Morgan fingerprint density at radius 3 is 2.33 bits per heavy atom. The molecular weight excluding hydrogens is 188 g/mol. The highest BCUT2D eigenvalue weighted by Gasteiger charge is 2.20. The standard InChI is InChI=1S/C12H20N2O/c1-6-9-8-13-11(12(3,4)5)14(7-2)10(9)15/h8H,6-7H2,1-5H3. The van der Waals surface area contributed by atoms with Gasteiger partial charge in [-0.05, 0) is 13.3 Å². The second-order valence-electron chi connectivity index (χ2n) is 4.76. The minimum atomic E-state index is -0.0819. The summed E-state index contributed by atoms with van der Waals surface area (Å²) in [5.41, 5.74) is 0.825. The molecule has 0 amide bonds. The van der Waals surface area contributed by atoms with Crippen LogP contribution in [0.5, 0.6) is 0 Å². The average molecular weight is 208 g/mol. The van der Waals surface area contributed by atoms with E-state index in [0.717, 1.165) is 17.8 Å². The van der Waals surface area contributed by atoms with E-state index in [1.165, 1.54) is 0 Å². The maximum atomic E-state index is 12.0. The zero-order valence-corrected chi connectivity index (χ0v) is 10.3. The molecule has 0 fully saturated rings. The summed E-state index contributed by atoms with van der Waals surface area (Å²) < 4.78 is 1.78. The first kappa shape index (κ1) is 12.0. The van der Waals surface area contributed by atoms with Gasteiger partial charge in [-0.25, -0.2) is 4.98 Å². The van der Waals surface area contributed by atoms with Crippen LogP contribution >= 0.6 is 0 Å². The van der Waals surface area contributed by atoms with Gasteiger partial charge in [0.1, 0.15) is 5.82 Å². The van der Waals surface area contributed by atoms with E-state index in [4.69, 9.17) is 0 Å². The van der Waals surface area contributed by atoms with E-state index in [2.05, 4.69) is 25.8 Å². The summed E-state index contributed by atoms with van der Waals surface area (Å²) in [5.74, 6) is 0.868. The molecule has 0 aliphatic rings. The number of hydrogen-bond donors (Lipinski definition) is 0. The first-order chi connectivity index (χ1) is 6.91. The fourth-order valence-corrected chi connectivity index (χ4v) is 1.67. The molecule has 0 unspecified atom stereocenters. The highest BCUT2D eigenvalue weighted by atomic mass is 16.1. The fourth-order valence-electron chi connectivity index (χ4n) is 1.67. The highest BCUT2D eigenvalue weighted by Crippen LogP contribution is 2.18. The van der Waals surface area contributed by atoms with Crippen molar-refractivity contribution in [2.24, 2.45) is 0 Å².